The number of fused-ring (bicyclic) bond motifs is 3. The van der Waals surface area contributed by atoms with Crippen LogP contribution in [0, 0.1) is 11.8 Å². The zero-order chi connectivity index (χ0) is 16.0. The molecule has 7 nitrogen and oxygen atoms in total. The Morgan fingerprint density at radius 1 is 1.43 bits per heavy atom. The molecule has 2 N–H and O–H groups in total. The maximum absolute atomic E-state index is 11.1. The Labute approximate surface area is 132 Å². The minimum Gasteiger partial charge on any atom is -0.481 e. The fourth-order valence-electron chi connectivity index (χ4n) is 4.06. The molecule has 23 heavy (non-hydrogen) atoms. The van der Waals surface area contributed by atoms with Gasteiger partial charge in [0.25, 0.3) is 0 Å². The second-order valence-corrected chi connectivity index (χ2v) is 6.43. The van der Waals surface area contributed by atoms with Crippen LogP contribution in [0.5, 0.6) is 0 Å². The fourth-order valence-corrected chi connectivity index (χ4v) is 4.06. The van der Waals surface area contributed by atoms with Crippen molar-refractivity contribution >= 4 is 22.8 Å². The van der Waals surface area contributed by atoms with Crippen molar-refractivity contribution in [1.29, 1.82) is 0 Å². The van der Waals surface area contributed by atoms with Gasteiger partial charge in [0, 0.05) is 18.5 Å². The summed E-state index contributed by atoms with van der Waals surface area (Å²) in [6.45, 7) is 2.16. The van der Waals surface area contributed by atoms with Gasteiger partial charge in [0.2, 0.25) is 0 Å². The van der Waals surface area contributed by atoms with E-state index < -0.39 is 5.97 Å². The minimum atomic E-state index is -0.714. The summed E-state index contributed by atoms with van der Waals surface area (Å²) in [6.07, 6.45) is 6.66. The lowest BCUT2D eigenvalue weighted by molar-refractivity contribution is -0.138. The number of carboxylic acids is 1. The maximum atomic E-state index is 11.1. The summed E-state index contributed by atoms with van der Waals surface area (Å²) in [5, 5.41) is 17.8. The molecule has 0 radical (unpaired) electrons. The highest BCUT2D eigenvalue weighted by Gasteiger charge is 2.37. The number of nitrogens with zero attached hydrogens (tertiary/aromatic N) is 4. The van der Waals surface area contributed by atoms with E-state index in [0.29, 0.717) is 5.92 Å². The van der Waals surface area contributed by atoms with Gasteiger partial charge in [-0.3, -0.25) is 9.20 Å². The number of hydrogen-bond donors (Lipinski definition) is 2. The molecule has 3 aromatic heterocycles. The van der Waals surface area contributed by atoms with Gasteiger partial charge >= 0.3 is 5.97 Å². The number of rotatable bonds is 4. The summed E-state index contributed by atoms with van der Waals surface area (Å²) in [4.78, 5) is 18.5. The van der Waals surface area contributed by atoms with Crippen molar-refractivity contribution in [1.82, 2.24) is 24.6 Å². The van der Waals surface area contributed by atoms with E-state index in [1.54, 1.807) is 6.20 Å². The molecule has 3 aromatic rings. The fraction of sp³-hybridized carbons (Fsp3) is 0.500. The molecule has 3 atom stereocenters. The number of aromatic amines is 1. The monoisotopic (exact) mass is 313 g/mol. The molecule has 1 aliphatic carbocycles. The summed E-state index contributed by atoms with van der Waals surface area (Å²) in [6, 6.07) is 1.98. The van der Waals surface area contributed by atoms with Crippen molar-refractivity contribution in [3.05, 3.63) is 24.3 Å². The van der Waals surface area contributed by atoms with Crippen LogP contribution in [0.15, 0.2) is 18.5 Å². The standard InChI is InChI=1S/C16H19N5O2/c1-2-10-5-9(7-14(22)23)6-11(10)16-20-19-13-8-18-15-12(21(13)16)3-4-17-15/h3-4,8-11,17H,2,5-7H2,1H3,(H,22,23). The number of aromatic nitrogens is 5. The van der Waals surface area contributed by atoms with Gasteiger partial charge in [0.05, 0.1) is 11.7 Å². The Morgan fingerprint density at radius 3 is 3.09 bits per heavy atom. The van der Waals surface area contributed by atoms with Crippen LogP contribution in [0.4, 0.5) is 0 Å². The van der Waals surface area contributed by atoms with Crippen LogP contribution in [0.3, 0.4) is 0 Å². The molecule has 1 fully saturated rings. The van der Waals surface area contributed by atoms with E-state index in [0.717, 1.165) is 41.9 Å². The molecular formula is C16H19N5O2. The molecule has 0 aromatic carbocycles. The van der Waals surface area contributed by atoms with Crippen molar-refractivity contribution < 1.29 is 9.90 Å². The van der Waals surface area contributed by atoms with E-state index in [-0.39, 0.29) is 18.3 Å². The highest BCUT2D eigenvalue weighted by molar-refractivity contribution is 5.74. The lowest BCUT2D eigenvalue weighted by Gasteiger charge is -2.16. The molecule has 7 heteroatoms. The molecule has 3 heterocycles. The Balaban J connectivity index is 1.78. The molecular weight excluding hydrogens is 294 g/mol. The van der Waals surface area contributed by atoms with E-state index in [9.17, 15) is 4.79 Å². The van der Waals surface area contributed by atoms with Crippen LogP contribution >= 0.6 is 0 Å². The normalized spacial score (nSPS) is 24.7. The topological polar surface area (TPSA) is 96.2 Å². The predicted octanol–water partition coefficient (Wildman–Crippen LogP) is 2.60. The van der Waals surface area contributed by atoms with E-state index in [1.807, 2.05) is 12.3 Å². The minimum absolute atomic E-state index is 0.221. The van der Waals surface area contributed by atoms with Crippen LogP contribution in [-0.2, 0) is 4.79 Å². The molecule has 0 amide bonds. The summed E-state index contributed by atoms with van der Waals surface area (Å²) in [7, 11) is 0. The van der Waals surface area contributed by atoms with Crippen molar-refractivity contribution in [3.8, 4) is 0 Å². The molecule has 0 saturated heterocycles. The Morgan fingerprint density at radius 2 is 2.30 bits per heavy atom. The molecule has 120 valence electrons. The lowest BCUT2D eigenvalue weighted by Crippen LogP contribution is -2.09. The summed E-state index contributed by atoms with van der Waals surface area (Å²) in [5.41, 5.74) is 2.52. The average molecular weight is 313 g/mol. The van der Waals surface area contributed by atoms with Gasteiger partial charge in [-0.15, -0.1) is 10.2 Å². The number of nitrogens with one attached hydrogen (secondary N) is 1. The van der Waals surface area contributed by atoms with E-state index in [4.69, 9.17) is 5.11 Å². The van der Waals surface area contributed by atoms with Crippen LogP contribution in [-0.4, -0.2) is 35.6 Å². The van der Waals surface area contributed by atoms with E-state index >= 15 is 0 Å². The summed E-state index contributed by atoms with van der Waals surface area (Å²) in [5.74, 6) is 1.15. The van der Waals surface area contributed by atoms with Gasteiger partial charge in [-0.2, -0.15) is 0 Å². The third-order valence-corrected chi connectivity index (χ3v) is 5.08. The zero-order valence-electron chi connectivity index (χ0n) is 12.9. The first-order valence-electron chi connectivity index (χ1n) is 8.06. The lowest BCUT2D eigenvalue weighted by atomic mass is 9.93. The van der Waals surface area contributed by atoms with Gasteiger partial charge in [0.1, 0.15) is 5.82 Å². The van der Waals surface area contributed by atoms with Crippen LogP contribution < -0.4 is 0 Å². The van der Waals surface area contributed by atoms with Gasteiger partial charge in [-0.05, 0) is 30.7 Å². The van der Waals surface area contributed by atoms with E-state index in [1.165, 1.54) is 0 Å². The molecule has 3 unspecified atom stereocenters. The van der Waals surface area contributed by atoms with Crippen molar-refractivity contribution in [2.75, 3.05) is 0 Å². The third kappa shape index (κ3) is 2.27. The molecule has 0 spiro atoms. The predicted molar refractivity (Wildman–Crippen MR) is 84.1 cm³/mol. The van der Waals surface area contributed by atoms with Gasteiger partial charge in [-0.25, -0.2) is 4.98 Å². The average Bonchev–Trinajstić information content (AvgIpc) is 3.22. The number of carbonyl (C=O) groups is 1. The van der Waals surface area contributed by atoms with Crippen molar-refractivity contribution in [2.24, 2.45) is 11.8 Å². The van der Waals surface area contributed by atoms with Gasteiger partial charge in [0.15, 0.2) is 11.3 Å². The zero-order valence-corrected chi connectivity index (χ0v) is 12.9. The number of aliphatic carboxylic acids is 1. The first kappa shape index (κ1) is 14.2. The maximum Gasteiger partial charge on any atom is 0.303 e. The highest BCUT2D eigenvalue weighted by Crippen LogP contribution is 2.45. The number of hydrogen-bond acceptors (Lipinski definition) is 4. The van der Waals surface area contributed by atoms with Crippen molar-refractivity contribution in [2.45, 2.75) is 38.5 Å². The van der Waals surface area contributed by atoms with Crippen LogP contribution in [0.1, 0.15) is 44.3 Å². The molecule has 0 aliphatic heterocycles. The van der Waals surface area contributed by atoms with Gasteiger partial charge in [-0.1, -0.05) is 13.3 Å². The smallest absolute Gasteiger partial charge is 0.303 e. The van der Waals surface area contributed by atoms with Crippen molar-refractivity contribution in [3.63, 3.8) is 0 Å². The largest absolute Gasteiger partial charge is 0.481 e. The molecule has 0 bridgehead atoms. The first-order valence-corrected chi connectivity index (χ1v) is 8.06. The van der Waals surface area contributed by atoms with Gasteiger partial charge < -0.3 is 10.1 Å². The Kier molecular flexibility index (Phi) is 3.28. The number of H-pyrrole nitrogens is 1. The highest BCUT2D eigenvalue weighted by atomic mass is 16.4. The third-order valence-electron chi connectivity index (χ3n) is 5.08. The Bertz CT molecular complexity index is 868. The quantitative estimate of drug-likeness (QED) is 0.771. The summed E-state index contributed by atoms with van der Waals surface area (Å²) < 4.78 is 2.06. The molecule has 4 rings (SSSR count). The Hall–Kier alpha value is -2.44. The first-order chi connectivity index (χ1) is 11.2. The number of carboxylic acid groups (broad SMARTS) is 1. The molecule has 1 saturated carbocycles. The van der Waals surface area contributed by atoms with Crippen LogP contribution in [0.2, 0.25) is 0 Å². The second-order valence-electron chi connectivity index (χ2n) is 6.43. The van der Waals surface area contributed by atoms with Crippen LogP contribution in [0.25, 0.3) is 16.8 Å². The SMILES string of the molecule is CCC1CC(CC(=O)O)CC1c1nnc2cnc3[nH]ccc3n12. The second kappa shape index (κ2) is 5.33. The summed E-state index contributed by atoms with van der Waals surface area (Å²) >= 11 is 0. The van der Waals surface area contributed by atoms with E-state index in [2.05, 4.69) is 31.5 Å². The molecule has 1 aliphatic rings.